The highest BCUT2D eigenvalue weighted by molar-refractivity contribution is 5.59. The van der Waals surface area contributed by atoms with E-state index in [1.165, 1.54) is 6.07 Å². The molecule has 3 N–H and O–H groups in total. The number of ether oxygens (including phenoxy) is 2. The van der Waals surface area contributed by atoms with Crippen molar-refractivity contribution in [1.82, 2.24) is 9.88 Å². The maximum absolute atomic E-state index is 13.2. The number of hydrogen-bond acceptors (Lipinski definition) is 7. The van der Waals surface area contributed by atoms with E-state index in [2.05, 4.69) is 26.7 Å². The van der Waals surface area contributed by atoms with Crippen LogP contribution in [-0.2, 0) is 10.9 Å². The molecule has 4 rings (SSSR count). The fraction of sp³-hybridized carbons (Fsp3) is 0.536. The molecule has 1 aliphatic carbocycles. The van der Waals surface area contributed by atoms with E-state index >= 15 is 0 Å². The van der Waals surface area contributed by atoms with E-state index < -0.39 is 11.7 Å². The molecule has 0 bridgehead atoms. The summed E-state index contributed by atoms with van der Waals surface area (Å²) in [7, 11) is 0. The maximum Gasteiger partial charge on any atom is 0.418 e. The molecule has 1 aromatic carbocycles. The van der Waals surface area contributed by atoms with Crippen LogP contribution in [0.2, 0.25) is 0 Å². The van der Waals surface area contributed by atoms with Crippen LogP contribution in [0.3, 0.4) is 0 Å². The van der Waals surface area contributed by atoms with Gasteiger partial charge in [-0.1, -0.05) is 0 Å². The Morgan fingerprint density at radius 2 is 1.74 bits per heavy atom. The molecule has 2 fully saturated rings. The van der Waals surface area contributed by atoms with Crippen molar-refractivity contribution in [3.63, 3.8) is 0 Å². The minimum atomic E-state index is -4.48. The van der Waals surface area contributed by atoms with Crippen LogP contribution < -0.4 is 20.7 Å². The molecule has 1 saturated carbocycles. The first-order valence-corrected chi connectivity index (χ1v) is 13.1. The van der Waals surface area contributed by atoms with Crippen LogP contribution in [0.5, 0.6) is 5.75 Å². The number of anilines is 3. The Kier molecular flexibility index (Phi) is 8.18. The molecule has 0 amide bonds. The second-order valence-corrected chi connectivity index (χ2v) is 11.0. The van der Waals surface area contributed by atoms with Crippen molar-refractivity contribution in [1.29, 1.82) is 0 Å². The smallest absolute Gasteiger partial charge is 0.418 e. The summed E-state index contributed by atoms with van der Waals surface area (Å²) in [6.45, 7) is 13.4. The molecule has 10 heteroatoms. The van der Waals surface area contributed by atoms with E-state index in [0.717, 1.165) is 69.4 Å². The van der Waals surface area contributed by atoms with Crippen molar-refractivity contribution in [2.75, 3.05) is 42.1 Å². The lowest BCUT2D eigenvalue weighted by atomic mass is 9.92. The Bertz CT molecular complexity index is 1100. The van der Waals surface area contributed by atoms with E-state index in [9.17, 15) is 13.2 Å². The zero-order valence-electron chi connectivity index (χ0n) is 22.4. The predicted octanol–water partition coefficient (Wildman–Crippen LogP) is 5.89. The van der Waals surface area contributed by atoms with Crippen LogP contribution in [0.4, 0.5) is 30.2 Å². The number of nitrogens with zero attached hydrogens (tertiary/aromatic N) is 3. The number of pyridine rings is 1. The van der Waals surface area contributed by atoms with Crippen molar-refractivity contribution in [2.24, 2.45) is 0 Å². The van der Waals surface area contributed by atoms with Crippen molar-refractivity contribution in [3.05, 3.63) is 54.7 Å². The van der Waals surface area contributed by atoms with Gasteiger partial charge in [-0.15, -0.1) is 0 Å². The first-order valence-electron chi connectivity index (χ1n) is 13.1. The van der Waals surface area contributed by atoms with Crippen LogP contribution in [0, 0.1) is 0 Å². The third-order valence-corrected chi connectivity index (χ3v) is 6.86. The zero-order valence-corrected chi connectivity index (χ0v) is 22.4. The van der Waals surface area contributed by atoms with Gasteiger partial charge >= 0.3 is 6.18 Å². The molecule has 2 heterocycles. The molecular weight excluding hydrogens is 495 g/mol. The minimum absolute atomic E-state index is 0.0226. The Balaban J connectivity index is 1.30. The summed E-state index contributed by atoms with van der Waals surface area (Å²) < 4.78 is 51.9. The number of benzene rings is 1. The summed E-state index contributed by atoms with van der Waals surface area (Å²) in [5.41, 5.74) is 5.61. The highest BCUT2D eigenvalue weighted by Crippen LogP contribution is 2.36. The summed E-state index contributed by atoms with van der Waals surface area (Å²) >= 11 is 0. The third kappa shape index (κ3) is 7.17. The van der Waals surface area contributed by atoms with Crippen molar-refractivity contribution < 1.29 is 22.6 Å². The van der Waals surface area contributed by atoms with Gasteiger partial charge in [0, 0.05) is 49.8 Å². The van der Waals surface area contributed by atoms with Crippen LogP contribution in [0.1, 0.15) is 52.0 Å². The Morgan fingerprint density at radius 3 is 2.37 bits per heavy atom. The summed E-state index contributed by atoms with van der Waals surface area (Å²) in [5, 5.41) is 3.24. The van der Waals surface area contributed by atoms with Gasteiger partial charge in [-0.25, -0.2) is 0 Å². The van der Waals surface area contributed by atoms with Crippen LogP contribution in [-0.4, -0.2) is 53.8 Å². The largest absolute Gasteiger partial charge is 0.487 e. The number of nitrogens with two attached hydrogens (primary N) is 1. The van der Waals surface area contributed by atoms with Gasteiger partial charge in [0.2, 0.25) is 0 Å². The molecule has 1 aromatic heterocycles. The summed E-state index contributed by atoms with van der Waals surface area (Å²) in [5.74, 6) is 1.46. The fourth-order valence-corrected chi connectivity index (χ4v) is 4.97. The number of hydrogen-bond donors (Lipinski definition) is 2. The molecule has 0 atom stereocenters. The molecule has 0 spiro atoms. The van der Waals surface area contributed by atoms with E-state index in [-0.39, 0.29) is 23.4 Å². The van der Waals surface area contributed by atoms with Crippen molar-refractivity contribution in [2.45, 2.75) is 70.4 Å². The standard InChI is InChI=1S/C28H38F3N5O2/c1-19(38-27(2,3)4)35-13-15-36(16-14-35)25-11-12-33-18-26(25)37-22-8-5-20(6-9-22)34-21-7-10-24(32)23(17-21)28(29,30)31/h7,10-12,17-18,20,22,34H,1,5-6,8-9,13-16,32H2,2-4H3. The van der Waals surface area contributed by atoms with Gasteiger partial charge in [-0.3, -0.25) is 4.98 Å². The molecule has 1 saturated heterocycles. The molecule has 2 aromatic rings. The van der Waals surface area contributed by atoms with Gasteiger partial charge in [0.05, 0.1) is 23.6 Å². The number of halogens is 3. The SMILES string of the molecule is C=C(OC(C)(C)C)N1CCN(c2ccncc2OC2CCC(Nc3ccc(N)c(C(F)(F)F)c3)CC2)CC1. The van der Waals surface area contributed by atoms with Gasteiger partial charge in [0.1, 0.15) is 5.60 Å². The predicted molar refractivity (Wildman–Crippen MR) is 144 cm³/mol. The average Bonchev–Trinajstić information content (AvgIpc) is 2.85. The Morgan fingerprint density at radius 1 is 1.05 bits per heavy atom. The lowest BCUT2D eigenvalue weighted by molar-refractivity contribution is -0.136. The number of alkyl halides is 3. The normalized spacial score (nSPS) is 20.7. The van der Waals surface area contributed by atoms with Crippen LogP contribution in [0.15, 0.2) is 49.1 Å². The lowest BCUT2D eigenvalue weighted by Crippen LogP contribution is -2.47. The molecule has 0 unspecified atom stereocenters. The van der Waals surface area contributed by atoms with Crippen LogP contribution >= 0.6 is 0 Å². The quantitative estimate of drug-likeness (QED) is 0.339. The highest BCUT2D eigenvalue weighted by Gasteiger charge is 2.33. The molecule has 0 radical (unpaired) electrons. The zero-order chi connectivity index (χ0) is 27.5. The summed E-state index contributed by atoms with van der Waals surface area (Å²) in [6.07, 6.45) is 2.26. The van der Waals surface area contributed by atoms with Crippen molar-refractivity contribution >= 4 is 17.1 Å². The molecule has 2 aliphatic rings. The summed E-state index contributed by atoms with van der Waals surface area (Å²) in [4.78, 5) is 8.74. The van der Waals surface area contributed by atoms with Gasteiger partial charge in [-0.05, 0) is 77.3 Å². The van der Waals surface area contributed by atoms with E-state index in [1.54, 1.807) is 18.5 Å². The number of piperazine rings is 1. The van der Waals surface area contributed by atoms with E-state index in [4.69, 9.17) is 15.2 Å². The second-order valence-electron chi connectivity index (χ2n) is 11.0. The first-order chi connectivity index (χ1) is 17.9. The molecule has 38 heavy (non-hydrogen) atoms. The number of nitrogens with one attached hydrogen (secondary N) is 1. The fourth-order valence-electron chi connectivity index (χ4n) is 4.97. The first kappa shape index (κ1) is 27.7. The number of aromatic nitrogens is 1. The lowest BCUT2D eigenvalue weighted by Gasteiger charge is -2.40. The Labute approximate surface area is 222 Å². The highest BCUT2D eigenvalue weighted by atomic mass is 19.4. The van der Waals surface area contributed by atoms with Crippen LogP contribution in [0.25, 0.3) is 0 Å². The maximum atomic E-state index is 13.2. The molecule has 7 nitrogen and oxygen atoms in total. The van der Waals surface area contributed by atoms with Gasteiger partial charge < -0.3 is 30.3 Å². The third-order valence-electron chi connectivity index (χ3n) is 6.86. The monoisotopic (exact) mass is 533 g/mol. The molecule has 1 aliphatic heterocycles. The van der Waals surface area contributed by atoms with E-state index in [1.807, 2.05) is 26.8 Å². The number of nitrogen functional groups attached to an aromatic ring is 1. The van der Waals surface area contributed by atoms with Gasteiger partial charge in [0.15, 0.2) is 11.6 Å². The van der Waals surface area contributed by atoms with Gasteiger partial charge in [-0.2, -0.15) is 13.2 Å². The topological polar surface area (TPSA) is 75.9 Å². The second kappa shape index (κ2) is 11.2. The average molecular weight is 534 g/mol. The molecular formula is C28H38F3N5O2. The van der Waals surface area contributed by atoms with Gasteiger partial charge in [0.25, 0.3) is 0 Å². The summed E-state index contributed by atoms with van der Waals surface area (Å²) in [6, 6.07) is 6.04. The molecule has 208 valence electrons. The Hall–Kier alpha value is -3.30. The van der Waals surface area contributed by atoms with Crippen molar-refractivity contribution in [3.8, 4) is 5.75 Å². The minimum Gasteiger partial charge on any atom is -0.487 e. The number of rotatable bonds is 7. The van der Waals surface area contributed by atoms with E-state index in [0.29, 0.717) is 11.6 Å².